The molecule has 1 atom stereocenters. The minimum atomic E-state index is -0.852. The van der Waals surface area contributed by atoms with Crippen LogP contribution in [0.25, 0.3) is 0 Å². The highest BCUT2D eigenvalue weighted by atomic mass is 35.5. The average Bonchev–Trinajstić information content (AvgIpc) is 2.85. The highest BCUT2D eigenvalue weighted by molar-refractivity contribution is 6.35. The molecule has 3 aromatic rings. The number of benzene rings is 3. The van der Waals surface area contributed by atoms with Gasteiger partial charge in [-0.15, -0.1) is 0 Å². The van der Waals surface area contributed by atoms with Crippen molar-refractivity contribution < 1.29 is 18.7 Å². The third kappa shape index (κ3) is 7.97. The van der Waals surface area contributed by atoms with Gasteiger partial charge in [0, 0.05) is 29.6 Å². The van der Waals surface area contributed by atoms with Crippen LogP contribution >= 0.6 is 23.2 Å². The molecule has 0 heterocycles. The van der Waals surface area contributed by atoms with Crippen molar-refractivity contribution in [2.45, 2.75) is 32.9 Å². The van der Waals surface area contributed by atoms with Crippen molar-refractivity contribution in [2.24, 2.45) is 5.92 Å². The van der Waals surface area contributed by atoms with Crippen molar-refractivity contribution in [2.75, 3.05) is 13.2 Å². The van der Waals surface area contributed by atoms with E-state index in [9.17, 15) is 14.0 Å². The van der Waals surface area contributed by atoms with Gasteiger partial charge >= 0.3 is 0 Å². The second-order valence-corrected chi connectivity index (χ2v) is 9.66. The smallest absolute Gasteiger partial charge is 0.261 e. The summed E-state index contributed by atoms with van der Waals surface area (Å²) in [5, 5.41) is 3.77. The number of halogens is 3. The fraction of sp³-hybridized carbons (Fsp3) is 0.286. The van der Waals surface area contributed by atoms with Crippen LogP contribution in [-0.4, -0.2) is 35.9 Å². The molecule has 0 spiro atoms. The van der Waals surface area contributed by atoms with Crippen LogP contribution in [0.2, 0.25) is 10.0 Å². The van der Waals surface area contributed by atoms with Crippen LogP contribution in [0, 0.1) is 11.7 Å². The van der Waals surface area contributed by atoms with Crippen molar-refractivity contribution in [3.8, 4) is 5.75 Å². The van der Waals surface area contributed by atoms with Crippen LogP contribution in [-0.2, 0) is 22.6 Å². The molecule has 190 valence electrons. The first-order valence-electron chi connectivity index (χ1n) is 11.7. The molecule has 1 N–H and O–H groups in total. The Morgan fingerprint density at radius 1 is 1.00 bits per heavy atom. The lowest BCUT2D eigenvalue weighted by Crippen LogP contribution is -2.52. The maximum absolute atomic E-state index is 14.1. The molecule has 0 aromatic heterocycles. The summed E-state index contributed by atoms with van der Waals surface area (Å²) in [4.78, 5) is 28.3. The number of carbonyl (C=O) groups is 2. The summed E-state index contributed by atoms with van der Waals surface area (Å²) in [5.74, 6) is -1.17. The van der Waals surface area contributed by atoms with E-state index in [2.05, 4.69) is 5.32 Å². The van der Waals surface area contributed by atoms with Crippen molar-refractivity contribution in [3.63, 3.8) is 0 Å². The standard InChI is InChI=1S/C28H29Cl2FN2O3/c1-19(2)16-32-28(35)25(14-20-8-4-3-5-9-20)33(17-21-12-13-22(29)15-23(21)30)27(34)18-36-26-11-7-6-10-24(26)31/h3-13,15,19,25H,14,16-18H2,1-2H3,(H,32,35)/t25-/m1/s1. The lowest BCUT2D eigenvalue weighted by molar-refractivity contribution is -0.142. The van der Waals surface area contributed by atoms with E-state index in [0.717, 1.165) is 5.56 Å². The van der Waals surface area contributed by atoms with Gasteiger partial charge in [0.25, 0.3) is 5.91 Å². The number of rotatable bonds is 11. The molecular formula is C28H29Cl2FN2O3. The summed E-state index contributed by atoms with van der Waals surface area (Å²) in [7, 11) is 0. The molecular weight excluding hydrogens is 502 g/mol. The second kappa shape index (κ2) is 13.3. The van der Waals surface area contributed by atoms with Gasteiger partial charge in [-0.1, -0.05) is 85.6 Å². The molecule has 5 nitrogen and oxygen atoms in total. The molecule has 0 aliphatic heterocycles. The summed E-state index contributed by atoms with van der Waals surface area (Å²) in [6.07, 6.45) is 0.279. The molecule has 0 aliphatic rings. The minimum Gasteiger partial charge on any atom is -0.481 e. The highest BCUT2D eigenvalue weighted by Crippen LogP contribution is 2.24. The van der Waals surface area contributed by atoms with E-state index in [0.29, 0.717) is 22.2 Å². The highest BCUT2D eigenvalue weighted by Gasteiger charge is 2.31. The SMILES string of the molecule is CC(C)CNC(=O)[C@@H](Cc1ccccc1)N(Cc1ccc(Cl)cc1Cl)C(=O)COc1ccccc1F. The zero-order chi connectivity index (χ0) is 26.1. The molecule has 2 amide bonds. The second-order valence-electron chi connectivity index (χ2n) is 8.82. The number of para-hydroxylation sites is 1. The molecule has 0 radical (unpaired) electrons. The van der Waals surface area contributed by atoms with E-state index >= 15 is 0 Å². The third-order valence-electron chi connectivity index (χ3n) is 5.50. The quantitative estimate of drug-likeness (QED) is 0.334. The molecule has 0 fully saturated rings. The fourth-order valence-electron chi connectivity index (χ4n) is 3.59. The van der Waals surface area contributed by atoms with Crippen molar-refractivity contribution in [1.82, 2.24) is 10.2 Å². The lowest BCUT2D eigenvalue weighted by Gasteiger charge is -2.32. The number of ether oxygens (including phenoxy) is 1. The van der Waals surface area contributed by atoms with E-state index in [1.165, 1.54) is 23.1 Å². The van der Waals surface area contributed by atoms with E-state index in [1.54, 1.807) is 24.3 Å². The van der Waals surface area contributed by atoms with Gasteiger partial charge < -0.3 is 15.0 Å². The largest absolute Gasteiger partial charge is 0.481 e. The average molecular weight is 531 g/mol. The predicted molar refractivity (Wildman–Crippen MR) is 141 cm³/mol. The molecule has 8 heteroatoms. The third-order valence-corrected chi connectivity index (χ3v) is 6.09. The maximum atomic E-state index is 14.1. The zero-order valence-corrected chi connectivity index (χ0v) is 21.7. The topological polar surface area (TPSA) is 58.6 Å². The molecule has 0 bridgehead atoms. The zero-order valence-electron chi connectivity index (χ0n) is 20.2. The summed E-state index contributed by atoms with van der Waals surface area (Å²) >= 11 is 12.5. The van der Waals surface area contributed by atoms with Gasteiger partial charge in [0.05, 0.1) is 0 Å². The van der Waals surface area contributed by atoms with Gasteiger partial charge in [0.2, 0.25) is 5.91 Å². The Morgan fingerprint density at radius 2 is 1.69 bits per heavy atom. The van der Waals surface area contributed by atoms with Gasteiger partial charge in [0.1, 0.15) is 6.04 Å². The number of hydrogen-bond donors (Lipinski definition) is 1. The summed E-state index contributed by atoms with van der Waals surface area (Å²) < 4.78 is 19.6. The van der Waals surface area contributed by atoms with E-state index in [1.807, 2.05) is 44.2 Å². The van der Waals surface area contributed by atoms with Crippen LogP contribution in [0.5, 0.6) is 5.75 Å². The normalized spacial score (nSPS) is 11.7. The maximum Gasteiger partial charge on any atom is 0.261 e. The van der Waals surface area contributed by atoms with Crippen molar-refractivity contribution in [3.05, 3.63) is 99.8 Å². The van der Waals surface area contributed by atoms with Crippen molar-refractivity contribution in [1.29, 1.82) is 0 Å². The van der Waals surface area contributed by atoms with Crippen LogP contribution in [0.4, 0.5) is 4.39 Å². The molecule has 0 unspecified atom stereocenters. The van der Waals surface area contributed by atoms with Gasteiger partial charge in [-0.05, 0) is 41.3 Å². The van der Waals surface area contributed by atoms with E-state index < -0.39 is 24.4 Å². The first-order valence-corrected chi connectivity index (χ1v) is 12.4. The Balaban J connectivity index is 1.94. The molecule has 3 rings (SSSR count). The van der Waals surface area contributed by atoms with Gasteiger partial charge in [0.15, 0.2) is 18.2 Å². The summed E-state index contributed by atoms with van der Waals surface area (Å²) in [6.45, 7) is 4.03. The molecule has 36 heavy (non-hydrogen) atoms. The van der Waals surface area contributed by atoms with E-state index in [-0.39, 0.29) is 30.5 Å². The monoisotopic (exact) mass is 530 g/mol. The van der Waals surface area contributed by atoms with Crippen LogP contribution in [0.3, 0.4) is 0 Å². The van der Waals surface area contributed by atoms with Crippen LogP contribution < -0.4 is 10.1 Å². The summed E-state index contributed by atoms with van der Waals surface area (Å²) in [5.41, 5.74) is 1.51. The van der Waals surface area contributed by atoms with Crippen LogP contribution in [0.15, 0.2) is 72.8 Å². The van der Waals surface area contributed by atoms with Gasteiger partial charge in [-0.25, -0.2) is 4.39 Å². The number of nitrogens with one attached hydrogen (secondary N) is 1. The van der Waals surface area contributed by atoms with Crippen LogP contribution in [0.1, 0.15) is 25.0 Å². The Kier molecular flexibility index (Phi) is 10.1. The fourth-order valence-corrected chi connectivity index (χ4v) is 4.06. The van der Waals surface area contributed by atoms with Gasteiger partial charge in [-0.2, -0.15) is 0 Å². The summed E-state index contributed by atoms with van der Waals surface area (Å²) in [6, 6.07) is 19.4. The minimum absolute atomic E-state index is 0.0424. The number of carbonyl (C=O) groups excluding carboxylic acids is 2. The molecule has 0 saturated heterocycles. The number of hydrogen-bond acceptors (Lipinski definition) is 3. The Morgan fingerprint density at radius 3 is 2.36 bits per heavy atom. The predicted octanol–water partition coefficient (Wildman–Crippen LogP) is 5.92. The molecule has 0 saturated carbocycles. The van der Waals surface area contributed by atoms with Crippen molar-refractivity contribution >= 4 is 35.0 Å². The number of amides is 2. The first kappa shape index (κ1) is 27.5. The Labute approximate surface area is 221 Å². The molecule has 0 aliphatic carbocycles. The van der Waals surface area contributed by atoms with E-state index in [4.69, 9.17) is 27.9 Å². The lowest BCUT2D eigenvalue weighted by atomic mass is 10.0. The number of nitrogens with zero attached hydrogens (tertiary/aromatic N) is 1. The molecule has 3 aromatic carbocycles. The first-order chi connectivity index (χ1) is 17.2. The van der Waals surface area contributed by atoms with Gasteiger partial charge in [-0.3, -0.25) is 9.59 Å². The Bertz CT molecular complexity index is 1170. The Hall–Kier alpha value is -3.09.